The van der Waals surface area contributed by atoms with Gasteiger partial charge in [-0.15, -0.1) is 0 Å². The summed E-state index contributed by atoms with van der Waals surface area (Å²) in [4.78, 5) is 28.2. The number of nitrogens with zero attached hydrogens (tertiary/aromatic N) is 1. The van der Waals surface area contributed by atoms with Crippen LogP contribution in [0.1, 0.15) is 61.3 Å². The van der Waals surface area contributed by atoms with Gasteiger partial charge in [0.1, 0.15) is 11.8 Å². The van der Waals surface area contributed by atoms with Crippen LogP contribution in [0.5, 0.6) is 5.75 Å². The van der Waals surface area contributed by atoms with Gasteiger partial charge in [0.15, 0.2) is 6.61 Å². The second kappa shape index (κ2) is 11.2. The van der Waals surface area contributed by atoms with Crippen molar-refractivity contribution in [1.29, 1.82) is 0 Å². The molecule has 3 rings (SSSR count). The highest BCUT2D eigenvalue weighted by molar-refractivity contribution is 5.88. The van der Waals surface area contributed by atoms with Gasteiger partial charge in [-0.25, -0.2) is 0 Å². The molecule has 1 aliphatic carbocycles. The van der Waals surface area contributed by atoms with Gasteiger partial charge >= 0.3 is 0 Å². The van der Waals surface area contributed by atoms with E-state index < -0.39 is 6.04 Å². The van der Waals surface area contributed by atoms with E-state index in [1.165, 1.54) is 0 Å². The molecular weight excluding hydrogens is 400 g/mol. The number of amides is 2. The third-order valence-electron chi connectivity index (χ3n) is 6.43. The van der Waals surface area contributed by atoms with Crippen molar-refractivity contribution in [2.24, 2.45) is 0 Å². The van der Waals surface area contributed by atoms with E-state index in [-0.39, 0.29) is 24.5 Å². The highest BCUT2D eigenvalue weighted by atomic mass is 16.5. The predicted molar refractivity (Wildman–Crippen MR) is 128 cm³/mol. The molecule has 1 fully saturated rings. The number of ether oxygens (including phenoxy) is 1. The van der Waals surface area contributed by atoms with E-state index >= 15 is 0 Å². The number of benzene rings is 2. The molecule has 5 nitrogen and oxygen atoms in total. The lowest BCUT2D eigenvalue weighted by atomic mass is 10.1. The van der Waals surface area contributed by atoms with E-state index in [2.05, 4.69) is 11.4 Å². The molecule has 172 valence electrons. The van der Waals surface area contributed by atoms with Crippen LogP contribution in [-0.2, 0) is 16.1 Å². The Hall–Kier alpha value is -2.82. The van der Waals surface area contributed by atoms with E-state index in [0.717, 1.165) is 47.9 Å². The predicted octanol–water partition coefficient (Wildman–Crippen LogP) is 4.86. The van der Waals surface area contributed by atoms with Crippen molar-refractivity contribution in [2.75, 3.05) is 6.61 Å². The molecule has 0 spiro atoms. The van der Waals surface area contributed by atoms with Crippen LogP contribution in [0.3, 0.4) is 0 Å². The van der Waals surface area contributed by atoms with Crippen molar-refractivity contribution in [3.05, 3.63) is 64.7 Å². The Morgan fingerprint density at radius 1 is 1.09 bits per heavy atom. The minimum atomic E-state index is -0.522. The molecule has 1 aliphatic rings. The number of carbonyl (C=O) groups excluding carboxylic acids is 2. The van der Waals surface area contributed by atoms with E-state index in [9.17, 15) is 9.59 Å². The number of hydrogen-bond donors (Lipinski definition) is 1. The molecular formula is C27H36N2O3. The smallest absolute Gasteiger partial charge is 0.261 e. The maximum Gasteiger partial charge on any atom is 0.261 e. The molecule has 0 aromatic heterocycles. The Bertz CT molecular complexity index is 934. The molecule has 0 saturated heterocycles. The Kier molecular flexibility index (Phi) is 8.32. The van der Waals surface area contributed by atoms with Crippen molar-refractivity contribution in [3.8, 4) is 5.75 Å². The molecule has 0 aliphatic heterocycles. The molecule has 0 heterocycles. The van der Waals surface area contributed by atoms with Crippen molar-refractivity contribution in [3.63, 3.8) is 0 Å². The highest BCUT2D eigenvalue weighted by Gasteiger charge is 2.31. The Labute approximate surface area is 192 Å². The quantitative estimate of drug-likeness (QED) is 0.611. The van der Waals surface area contributed by atoms with Crippen molar-refractivity contribution >= 4 is 11.8 Å². The maximum atomic E-state index is 13.4. The average molecular weight is 437 g/mol. The monoisotopic (exact) mass is 436 g/mol. The summed E-state index contributed by atoms with van der Waals surface area (Å²) in [6.07, 6.45) is 4.89. The zero-order chi connectivity index (χ0) is 23.1. The third kappa shape index (κ3) is 6.12. The normalized spacial score (nSPS) is 14.8. The van der Waals surface area contributed by atoms with E-state index in [0.29, 0.717) is 18.7 Å². The van der Waals surface area contributed by atoms with Gasteiger partial charge in [-0.05, 0) is 62.8 Å². The first kappa shape index (κ1) is 23.8. The van der Waals surface area contributed by atoms with Crippen LogP contribution < -0.4 is 10.1 Å². The topological polar surface area (TPSA) is 58.6 Å². The summed E-state index contributed by atoms with van der Waals surface area (Å²) in [6.45, 7) is 8.29. The molecule has 1 unspecified atom stereocenters. The molecule has 2 aromatic rings. The molecule has 1 N–H and O–H groups in total. The summed E-state index contributed by atoms with van der Waals surface area (Å²) >= 11 is 0. The number of rotatable bonds is 9. The summed E-state index contributed by atoms with van der Waals surface area (Å²) in [6, 6.07) is 13.6. The summed E-state index contributed by atoms with van der Waals surface area (Å²) in [5.41, 5.74) is 4.28. The standard InChI is InChI=1S/C27H36N2O3/c1-5-24(27(31)28-23-13-6-7-14-23)29(17-22-12-8-10-19(2)16-22)26(30)18-32-25-15-9-11-20(3)21(25)4/h8-12,15-16,23-24H,5-7,13-14,17-18H2,1-4H3,(H,28,31). The van der Waals surface area contributed by atoms with Gasteiger partial charge in [0.25, 0.3) is 5.91 Å². The van der Waals surface area contributed by atoms with Crippen LogP contribution >= 0.6 is 0 Å². The van der Waals surface area contributed by atoms with Crippen LogP contribution in [0.25, 0.3) is 0 Å². The molecule has 0 radical (unpaired) electrons. The lowest BCUT2D eigenvalue weighted by molar-refractivity contribution is -0.143. The Balaban J connectivity index is 1.78. The Morgan fingerprint density at radius 3 is 2.50 bits per heavy atom. The fourth-order valence-electron chi connectivity index (χ4n) is 4.40. The molecule has 32 heavy (non-hydrogen) atoms. The molecule has 5 heteroatoms. The van der Waals surface area contributed by atoms with Gasteiger partial charge in [-0.3, -0.25) is 9.59 Å². The molecule has 0 bridgehead atoms. The first-order valence-electron chi connectivity index (χ1n) is 11.7. The molecule has 1 saturated carbocycles. The lowest BCUT2D eigenvalue weighted by Crippen LogP contribution is -2.52. The number of hydrogen-bond acceptors (Lipinski definition) is 3. The largest absolute Gasteiger partial charge is 0.483 e. The van der Waals surface area contributed by atoms with Gasteiger partial charge in [0, 0.05) is 12.6 Å². The third-order valence-corrected chi connectivity index (χ3v) is 6.43. The summed E-state index contributed by atoms with van der Waals surface area (Å²) < 4.78 is 5.91. The second-order valence-electron chi connectivity index (χ2n) is 8.91. The second-order valence-corrected chi connectivity index (χ2v) is 8.91. The fourth-order valence-corrected chi connectivity index (χ4v) is 4.40. The zero-order valence-electron chi connectivity index (χ0n) is 19.8. The summed E-state index contributed by atoms with van der Waals surface area (Å²) in [5.74, 6) is 0.463. The minimum Gasteiger partial charge on any atom is -0.483 e. The molecule has 2 aromatic carbocycles. The number of aryl methyl sites for hydroxylation is 2. The van der Waals surface area contributed by atoms with Gasteiger partial charge in [0.05, 0.1) is 0 Å². The zero-order valence-corrected chi connectivity index (χ0v) is 19.8. The van der Waals surface area contributed by atoms with Crippen LogP contribution in [-0.4, -0.2) is 35.4 Å². The van der Waals surface area contributed by atoms with E-state index in [1.54, 1.807) is 4.90 Å². The average Bonchev–Trinajstić information content (AvgIpc) is 3.27. The van der Waals surface area contributed by atoms with Crippen LogP contribution in [0.4, 0.5) is 0 Å². The van der Waals surface area contributed by atoms with E-state index in [4.69, 9.17) is 4.74 Å². The van der Waals surface area contributed by atoms with Gasteiger partial charge in [0.2, 0.25) is 5.91 Å². The number of carbonyl (C=O) groups is 2. The van der Waals surface area contributed by atoms with Gasteiger partial charge in [-0.2, -0.15) is 0 Å². The number of nitrogens with one attached hydrogen (secondary N) is 1. The summed E-state index contributed by atoms with van der Waals surface area (Å²) in [5, 5.41) is 3.18. The fraction of sp³-hybridized carbons (Fsp3) is 0.481. The first-order chi connectivity index (χ1) is 15.4. The van der Waals surface area contributed by atoms with Crippen molar-refractivity contribution in [2.45, 2.75) is 78.4 Å². The van der Waals surface area contributed by atoms with Crippen molar-refractivity contribution in [1.82, 2.24) is 10.2 Å². The SMILES string of the molecule is CCC(C(=O)NC1CCCC1)N(Cc1cccc(C)c1)C(=O)COc1cccc(C)c1C. The molecule has 2 amide bonds. The van der Waals surface area contributed by atoms with Gasteiger partial charge < -0.3 is 15.0 Å². The van der Waals surface area contributed by atoms with E-state index in [1.807, 2.05) is 64.1 Å². The Morgan fingerprint density at radius 2 is 1.81 bits per heavy atom. The highest BCUT2D eigenvalue weighted by Crippen LogP contribution is 2.22. The minimum absolute atomic E-state index is 0.0628. The van der Waals surface area contributed by atoms with Crippen LogP contribution in [0.15, 0.2) is 42.5 Å². The van der Waals surface area contributed by atoms with Crippen LogP contribution in [0.2, 0.25) is 0 Å². The summed E-state index contributed by atoms with van der Waals surface area (Å²) in [7, 11) is 0. The van der Waals surface area contributed by atoms with Crippen LogP contribution in [0, 0.1) is 20.8 Å². The lowest BCUT2D eigenvalue weighted by Gasteiger charge is -2.31. The van der Waals surface area contributed by atoms with Gasteiger partial charge in [-0.1, -0.05) is 61.7 Å². The maximum absolute atomic E-state index is 13.4. The first-order valence-corrected chi connectivity index (χ1v) is 11.7. The molecule has 1 atom stereocenters. The van der Waals surface area contributed by atoms with Crippen molar-refractivity contribution < 1.29 is 14.3 Å².